The number of benzene rings is 1. The van der Waals surface area contributed by atoms with E-state index in [1.54, 1.807) is 14.0 Å². The van der Waals surface area contributed by atoms with Gasteiger partial charge in [-0.25, -0.2) is 0 Å². The molecular weight excluding hydrogens is 280 g/mol. The standard InChI is InChI=1S/C16H18N4O2/c1-12-18-15(19-22-12)11-20(2)16(21)14(10-17)9-8-13-6-4-3-5-7-13/h3-7,14H,8-9,11H2,1-2H3/t14-/m0/s1. The second-order valence-corrected chi connectivity index (χ2v) is 5.13. The molecule has 1 aromatic heterocycles. The van der Waals surface area contributed by atoms with E-state index in [1.807, 2.05) is 30.3 Å². The van der Waals surface area contributed by atoms with Gasteiger partial charge in [0.2, 0.25) is 11.8 Å². The molecule has 0 unspecified atom stereocenters. The first kappa shape index (κ1) is 15.7. The van der Waals surface area contributed by atoms with Crippen molar-refractivity contribution < 1.29 is 9.32 Å². The quantitative estimate of drug-likeness (QED) is 0.815. The Hall–Kier alpha value is -2.68. The molecule has 0 fully saturated rings. The number of rotatable bonds is 6. The Labute approximate surface area is 129 Å². The molecule has 1 heterocycles. The van der Waals surface area contributed by atoms with Crippen LogP contribution in [-0.2, 0) is 17.8 Å². The van der Waals surface area contributed by atoms with Crippen LogP contribution in [0, 0.1) is 24.2 Å². The lowest BCUT2D eigenvalue weighted by atomic mass is 9.99. The molecule has 0 aliphatic rings. The Kier molecular flexibility index (Phi) is 5.26. The smallest absolute Gasteiger partial charge is 0.240 e. The molecule has 0 N–H and O–H groups in total. The topological polar surface area (TPSA) is 83.0 Å². The summed E-state index contributed by atoms with van der Waals surface area (Å²) in [6.45, 7) is 1.93. The van der Waals surface area contributed by atoms with Crippen LogP contribution in [0.4, 0.5) is 0 Å². The third-order valence-electron chi connectivity index (χ3n) is 3.34. The number of aryl methyl sites for hydroxylation is 2. The zero-order valence-electron chi connectivity index (χ0n) is 12.7. The summed E-state index contributed by atoms with van der Waals surface area (Å²) in [4.78, 5) is 17.8. The summed E-state index contributed by atoms with van der Waals surface area (Å²) in [5.41, 5.74) is 1.12. The zero-order valence-corrected chi connectivity index (χ0v) is 12.7. The fourth-order valence-corrected chi connectivity index (χ4v) is 2.16. The van der Waals surface area contributed by atoms with Crippen LogP contribution < -0.4 is 0 Å². The fourth-order valence-electron chi connectivity index (χ4n) is 2.16. The first-order valence-electron chi connectivity index (χ1n) is 7.08. The van der Waals surface area contributed by atoms with Gasteiger partial charge in [0, 0.05) is 14.0 Å². The van der Waals surface area contributed by atoms with Crippen LogP contribution in [0.15, 0.2) is 34.9 Å². The van der Waals surface area contributed by atoms with Gasteiger partial charge in [-0.1, -0.05) is 35.5 Å². The first-order valence-corrected chi connectivity index (χ1v) is 7.08. The fraction of sp³-hybridized carbons (Fsp3) is 0.375. The summed E-state index contributed by atoms with van der Waals surface area (Å²) in [7, 11) is 1.64. The maximum absolute atomic E-state index is 12.3. The number of nitrogens with zero attached hydrogens (tertiary/aromatic N) is 4. The van der Waals surface area contributed by atoms with Crippen molar-refractivity contribution in [3.05, 3.63) is 47.6 Å². The summed E-state index contributed by atoms with van der Waals surface area (Å²) in [5, 5.41) is 13.0. The molecule has 6 heteroatoms. The van der Waals surface area contributed by atoms with E-state index in [-0.39, 0.29) is 12.5 Å². The average molecular weight is 298 g/mol. The van der Waals surface area contributed by atoms with Crippen LogP contribution in [0.25, 0.3) is 0 Å². The molecule has 0 radical (unpaired) electrons. The largest absolute Gasteiger partial charge is 0.340 e. The number of carbonyl (C=O) groups is 1. The minimum absolute atomic E-state index is 0.221. The minimum atomic E-state index is -0.668. The van der Waals surface area contributed by atoms with Gasteiger partial charge in [-0.05, 0) is 18.4 Å². The maximum Gasteiger partial charge on any atom is 0.240 e. The summed E-state index contributed by atoms with van der Waals surface area (Å²) >= 11 is 0. The Bertz CT molecular complexity index is 660. The number of hydrogen-bond acceptors (Lipinski definition) is 5. The van der Waals surface area contributed by atoms with Gasteiger partial charge in [-0.2, -0.15) is 10.2 Å². The minimum Gasteiger partial charge on any atom is -0.340 e. The van der Waals surface area contributed by atoms with Crippen molar-refractivity contribution >= 4 is 5.91 Å². The van der Waals surface area contributed by atoms with Crippen molar-refractivity contribution in [2.75, 3.05) is 7.05 Å². The SMILES string of the molecule is Cc1nc(CN(C)C(=O)[C@H](C#N)CCc2ccccc2)no1. The van der Waals surface area contributed by atoms with Gasteiger partial charge < -0.3 is 9.42 Å². The molecule has 1 atom stereocenters. The molecule has 0 aliphatic carbocycles. The third kappa shape index (κ3) is 4.16. The summed E-state index contributed by atoms with van der Waals surface area (Å²) in [6, 6.07) is 11.9. The Morgan fingerprint density at radius 1 is 1.41 bits per heavy atom. The Balaban J connectivity index is 1.92. The number of nitriles is 1. The van der Waals surface area contributed by atoms with Gasteiger partial charge in [0.1, 0.15) is 5.92 Å². The summed E-state index contributed by atoms with van der Waals surface area (Å²) in [6.07, 6.45) is 1.19. The van der Waals surface area contributed by atoms with Crippen LogP contribution in [0.5, 0.6) is 0 Å². The van der Waals surface area contributed by atoms with Crippen molar-refractivity contribution in [2.24, 2.45) is 5.92 Å². The highest BCUT2D eigenvalue weighted by atomic mass is 16.5. The molecule has 0 spiro atoms. The van der Waals surface area contributed by atoms with E-state index in [0.717, 1.165) is 5.56 Å². The van der Waals surface area contributed by atoms with E-state index in [2.05, 4.69) is 16.2 Å². The van der Waals surface area contributed by atoms with Crippen LogP contribution in [-0.4, -0.2) is 28.0 Å². The first-order chi connectivity index (χ1) is 10.6. The lowest BCUT2D eigenvalue weighted by Gasteiger charge is -2.18. The number of hydrogen-bond donors (Lipinski definition) is 0. The van der Waals surface area contributed by atoms with Gasteiger partial charge >= 0.3 is 0 Å². The molecule has 0 saturated heterocycles. The normalized spacial score (nSPS) is 11.7. The molecule has 0 bridgehead atoms. The average Bonchev–Trinajstić information content (AvgIpc) is 2.93. The highest BCUT2D eigenvalue weighted by molar-refractivity contribution is 5.80. The van der Waals surface area contributed by atoms with Crippen molar-refractivity contribution in [3.8, 4) is 6.07 Å². The van der Waals surface area contributed by atoms with E-state index < -0.39 is 5.92 Å². The van der Waals surface area contributed by atoms with E-state index >= 15 is 0 Å². The van der Waals surface area contributed by atoms with Gasteiger partial charge in [-0.15, -0.1) is 0 Å². The molecule has 1 aromatic carbocycles. The summed E-state index contributed by atoms with van der Waals surface area (Å²) in [5.74, 6) is 0.00365. The van der Waals surface area contributed by atoms with E-state index in [4.69, 9.17) is 4.52 Å². The summed E-state index contributed by atoms with van der Waals surface area (Å²) < 4.78 is 4.87. The predicted octanol–water partition coefficient (Wildman–Crippen LogP) is 2.11. The maximum atomic E-state index is 12.3. The number of aromatic nitrogens is 2. The molecule has 1 amide bonds. The highest BCUT2D eigenvalue weighted by Crippen LogP contribution is 2.13. The van der Waals surface area contributed by atoms with Gasteiger partial charge in [0.05, 0.1) is 12.6 Å². The van der Waals surface area contributed by atoms with Crippen molar-refractivity contribution in [1.82, 2.24) is 15.0 Å². The molecule has 2 aromatic rings. The van der Waals surface area contributed by atoms with Crippen LogP contribution in [0.3, 0.4) is 0 Å². The Morgan fingerprint density at radius 3 is 2.73 bits per heavy atom. The van der Waals surface area contributed by atoms with Crippen molar-refractivity contribution in [1.29, 1.82) is 5.26 Å². The van der Waals surface area contributed by atoms with E-state index in [1.165, 1.54) is 4.90 Å². The van der Waals surface area contributed by atoms with E-state index in [0.29, 0.717) is 24.6 Å². The molecule has 0 aliphatic heterocycles. The third-order valence-corrected chi connectivity index (χ3v) is 3.34. The van der Waals surface area contributed by atoms with Crippen molar-refractivity contribution in [2.45, 2.75) is 26.3 Å². The molecule has 6 nitrogen and oxygen atoms in total. The van der Waals surface area contributed by atoms with Crippen LogP contribution in [0.1, 0.15) is 23.7 Å². The molecule has 22 heavy (non-hydrogen) atoms. The second kappa shape index (κ2) is 7.36. The van der Waals surface area contributed by atoms with Gasteiger partial charge in [-0.3, -0.25) is 4.79 Å². The monoisotopic (exact) mass is 298 g/mol. The van der Waals surface area contributed by atoms with Gasteiger partial charge in [0.15, 0.2) is 5.82 Å². The number of amides is 1. The predicted molar refractivity (Wildman–Crippen MR) is 79.4 cm³/mol. The Morgan fingerprint density at radius 2 is 2.14 bits per heavy atom. The van der Waals surface area contributed by atoms with Crippen LogP contribution in [0.2, 0.25) is 0 Å². The molecule has 2 rings (SSSR count). The van der Waals surface area contributed by atoms with Crippen LogP contribution >= 0.6 is 0 Å². The lowest BCUT2D eigenvalue weighted by molar-refractivity contribution is -0.133. The van der Waals surface area contributed by atoms with Gasteiger partial charge in [0.25, 0.3) is 0 Å². The molecule has 114 valence electrons. The van der Waals surface area contributed by atoms with Crippen molar-refractivity contribution in [3.63, 3.8) is 0 Å². The molecular formula is C16H18N4O2. The van der Waals surface area contributed by atoms with E-state index in [9.17, 15) is 10.1 Å². The zero-order chi connectivity index (χ0) is 15.9. The number of carbonyl (C=O) groups excluding carboxylic acids is 1. The molecule has 0 saturated carbocycles. The lowest BCUT2D eigenvalue weighted by Crippen LogP contribution is -2.32. The highest BCUT2D eigenvalue weighted by Gasteiger charge is 2.22. The second-order valence-electron chi connectivity index (χ2n) is 5.13.